The highest BCUT2D eigenvalue weighted by atomic mass is 16.2. The van der Waals surface area contributed by atoms with Crippen LogP contribution in [0.2, 0.25) is 0 Å². The van der Waals surface area contributed by atoms with Crippen molar-refractivity contribution >= 4 is 34.3 Å². The van der Waals surface area contributed by atoms with E-state index in [9.17, 15) is 14.4 Å². The Morgan fingerprint density at radius 1 is 0.912 bits per heavy atom. The molecule has 34 heavy (non-hydrogen) atoms. The van der Waals surface area contributed by atoms with Crippen LogP contribution in [0.3, 0.4) is 0 Å². The van der Waals surface area contributed by atoms with E-state index in [4.69, 9.17) is 0 Å². The molecule has 2 aromatic carbocycles. The SMILES string of the molecule is CC(=O)c1ccc(NC(=O)C2CCN(C(=O)c3ccc4c(c3)nnn4C3CCCC3)CC2)cc1. The Morgan fingerprint density at radius 2 is 1.59 bits per heavy atom. The number of aromatic nitrogens is 3. The quantitative estimate of drug-likeness (QED) is 0.576. The fraction of sp³-hybridized carbons (Fsp3) is 0.423. The van der Waals surface area contributed by atoms with Gasteiger partial charge in [0.25, 0.3) is 5.91 Å². The first-order valence-electron chi connectivity index (χ1n) is 12.1. The summed E-state index contributed by atoms with van der Waals surface area (Å²) in [4.78, 5) is 39.0. The van der Waals surface area contributed by atoms with Crippen LogP contribution >= 0.6 is 0 Å². The van der Waals surface area contributed by atoms with Crippen LogP contribution in [-0.2, 0) is 4.79 Å². The van der Waals surface area contributed by atoms with Gasteiger partial charge in [-0.15, -0.1) is 5.10 Å². The summed E-state index contributed by atoms with van der Waals surface area (Å²) in [6, 6.07) is 13.0. The highest BCUT2D eigenvalue weighted by Crippen LogP contribution is 2.31. The predicted octanol–water partition coefficient (Wildman–Crippen LogP) is 4.24. The molecule has 5 rings (SSSR count). The van der Waals surface area contributed by atoms with Gasteiger partial charge in [-0.3, -0.25) is 14.4 Å². The number of hydrogen-bond acceptors (Lipinski definition) is 5. The maximum atomic E-state index is 13.1. The molecule has 0 bridgehead atoms. The van der Waals surface area contributed by atoms with Crippen LogP contribution in [0.1, 0.15) is 72.2 Å². The Hall–Kier alpha value is -3.55. The van der Waals surface area contributed by atoms with Crippen LogP contribution in [-0.4, -0.2) is 50.6 Å². The van der Waals surface area contributed by atoms with Gasteiger partial charge >= 0.3 is 0 Å². The number of fused-ring (bicyclic) bond motifs is 1. The molecule has 0 unspecified atom stereocenters. The Bertz CT molecular complexity index is 1220. The van der Waals surface area contributed by atoms with Crippen LogP contribution in [0.15, 0.2) is 42.5 Å². The number of piperidine rings is 1. The molecule has 176 valence electrons. The molecule has 2 aliphatic rings. The number of benzene rings is 2. The van der Waals surface area contributed by atoms with Crippen molar-refractivity contribution in [3.05, 3.63) is 53.6 Å². The topological polar surface area (TPSA) is 97.2 Å². The monoisotopic (exact) mass is 459 g/mol. The Morgan fingerprint density at radius 3 is 2.26 bits per heavy atom. The van der Waals surface area contributed by atoms with Crippen molar-refractivity contribution in [2.45, 2.75) is 51.5 Å². The third-order valence-corrected chi connectivity index (χ3v) is 7.10. The molecule has 8 heteroatoms. The molecule has 1 N–H and O–H groups in total. The van der Waals surface area contributed by atoms with E-state index < -0.39 is 0 Å². The lowest BCUT2D eigenvalue weighted by atomic mass is 9.95. The van der Waals surface area contributed by atoms with Gasteiger partial charge in [0.2, 0.25) is 5.91 Å². The van der Waals surface area contributed by atoms with E-state index in [1.54, 1.807) is 24.3 Å². The molecule has 1 aliphatic heterocycles. The Labute approximate surface area is 198 Å². The summed E-state index contributed by atoms with van der Waals surface area (Å²) >= 11 is 0. The van der Waals surface area contributed by atoms with E-state index in [2.05, 4.69) is 15.6 Å². The minimum atomic E-state index is -0.148. The minimum Gasteiger partial charge on any atom is -0.339 e. The van der Waals surface area contributed by atoms with Crippen molar-refractivity contribution < 1.29 is 14.4 Å². The number of amides is 2. The third kappa shape index (κ3) is 4.44. The molecule has 1 saturated carbocycles. The standard InChI is InChI=1S/C26H29N5O3/c1-17(32)18-6-9-21(10-7-18)27-25(33)19-12-14-30(15-13-19)26(34)20-8-11-24-23(16-20)28-29-31(24)22-4-2-3-5-22/h6-11,16,19,22H,2-5,12-15H2,1H3,(H,27,33). The first-order chi connectivity index (χ1) is 16.5. The predicted molar refractivity (Wildman–Crippen MR) is 129 cm³/mol. The second-order valence-corrected chi connectivity index (χ2v) is 9.37. The molecule has 3 aromatic rings. The van der Waals surface area contributed by atoms with E-state index in [-0.39, 0.29) is 23.5 Å². The lowest BCUT2D eigenvalue weighted by Gasteiger charge is -2.31. The Kier molecular flexibility index (Phi) is 6.13. The van der Waals surface area contributed by atoms with E-state index >= 15 is 0 Å². The van der Waals surface area contributed by atoms with E-state index in [0.29, 0.717) is 48.8 Å². The van der Waals surface area contributed by atoms with Crippen molar-refractivity contribution in [1.29, 1.82) is 0 Å². The Balaban J connectivity index is 1.19. The van der Waals surface area contributed by atoms with Gasteiger partial charge < -0.3 is 10.2 Å². The van der Waals surface area contributed by atoms with Gasteiger partial charge in [0.05, 0.1) is 11.6 Å². The minimum absolute atomic E-state index is 0.00695. The number of carbonyl (C=O) groups excluding carboxylic acids is 3. The summed E-state index contributed by atoms with van der Waals surface area (Å²) in [5, 5.41) is 11.6. The molecule has 8 nitrogen and oxygen atoms in total. The normalized spacial score (nSPS) is 17.3. The van der Waals surface area contributed by atoms with E-state index in [0.717, 1.165) is 23.9 Å². The smallest absolute Gasteiger partial charge is 0.253 e. The molecule has 0 spiro atoms. The van der Waals surface area contributed by atoms with Gasteiger partial charge in [-0.2, -0.15) is 0 Å². The van der Waals surface area contributed by atoms with E-state index in [1.165, 1.54) is 19.8 Å². The molecule has 2 fully saturated rings. The average Bonchev–Trinajstić information content (AvgIpc) is 3.53. The maximum Gasteiger partial charge on any atom is 0.253 e. The molecule has 2 amide bonds. The van der Waals surface area contributed by atoms with Crippen molar-refractivity contribution in [2.24, 2.45) is 5.92 Å². The fourth-order valence-corrected chi connectivity index (χ4v) is 5.05. The van der Waals surface area contributed by atoms with Crippen molar-refractivity contribution in [3.63, 3.8) is 0 Å². The van der Waals surface area contributed by atoms with Gasteiger partial charge in [0, 0.05) is 35.8 Å². The van der Waals surface area contributed by atoms with Crippen molar-refractivity contribution in [1.82, 2.24) is 19.9 Å². The third-order valence-electron chi connectivity index (χ3n) is 7.10. The highest BCUT2D eigenvalue weighted by molar-refractivity contribution is 5.98. The number of anilines is 1. The summed E-state index contributed by atoms with van der Waals surface area (Å²) in [5.74, 6) is -0.235. The van der Waals surface area contributed by atoms with Crippen LogP contribution in [0.5, 0.6) is 0 Å². The second-order valence-electron chi connectivity index (χ2n) is 9.37. The van der Waals surface area contributed by atoms with Crippen LogP contribution < -0.4 is 5.32 Å². The van der Waals surface area contributed by atoms with Gasteiger partial charge in [-0.05, 0) is 75.1 Å². The second kappa shape index (κ2) is 9.37. The lowest BCUT2D eigenvalue weighted by molar-refractivity contribution is -0.121. The number of carbonyl (C=O) groups is 3. The molecule has 1 aliphatic carbocycles. The van der Waals surface area contributed by atoms with Gasteiger partial charge in [0.15, 0.2) is 5.78 Å². The molecule has 0 radical (unpaired) electrons. The average molecular weight is 460 g/mol. The zero-order valence-corrected chi connectivity index (χ0v) is 19.4. The van der Waals surface area contributed by atoms with Crippen molar-refractivity contribution in [2.75, 3.05) is 18.4 Å². The highest BCUT2D eigenvalue weighted by Gasteiger charge is 2.28. The summed E-state index contributed by atoms with van der Waals surface area (Å²) in [6.07, 6.45) is 5.94. The maximum absolute atomic E-state index is 13.1. The van der Waals surface area contributed by atoms with Gasteiger partial charge in [-0.1, -0.05) is 18.1 Å². The summed E-state index contributed by atoms with van der Waals surface area (Å²) < 4.78 is 2.01. The molecule has 0 atom stereocenters. The van der Waals surface area contributed by atoms with Crippen LogP contribution in [0.25, 0.3) is 11.0 Å². The first kappa shape index (κ1) is 22.3. The fourth-order valence-electron chi connectivity index (χ4n) is 5.05. The number of rotatable bonds is 5. The lowest BCUT2D eigenvalue weighted by Crippen LogP contribution is -2.41. The van der Waals surface area contributed by atoms with Gasteiger partial charge in [-0.25, -0.2) is 4.68 Å². The largest absolute Gasteiger partial charge is 0.339 e. The summed E-state index contributed by atoms with van der Waals surface area (Å²) in [5.41, 5.74) is 3.63. The number of likely N-dealkylation sites (tertiary alicyclic amines) is 1. The summed E-state index contributed by atoms with van der Waals surface area (Å²) in [6.45, 7) is 2.58. The number of nitrogens with one attached hydrogen (secondary N) is 1. The van der Waals surface area contributed by atoms with E-state index in [1.807, 2.05) is 27.8 Å². The molecule has 1 saturated heterocycles. The van der Waals surface area contributed by atoms with Gasteiger partial charge in [0.1, 0.15) is 5.52 Å². The van der Waals surface area contributed by atoms with Crippen LogP contribution in [0.4, 0.5) is 5.69 Å². The number of ketones is 1. The summed E-state index contributed by atoms with van der Waals surface area (Å²) in [7, 11) is 0. The first-order valence-corrected chi connectivity index (χ1v) is 12.1. The zero-order valence-electron chi connectivity index (χ0n) is 19.4. The molecular formula is C26H29N5O3. The number of hydrogen-bond donors (Lipinski definition) is 1. The zero-order chi connectivity index (χ0) is 23.7. The number of Topliss-reactive ketones (excluding diaryl/α,β-unsaturated/α-hetero) is 1. The number of nitrogens with zero attached hydrogens (tertiary/aromatic N) is 4. The molecule has 2 heterocycles. The van der Waals surface area contributed by atoms with Crippen molar-refractivity contribution in [3.8, 4) is 0 Å². The van der Waals surface area contributed by atoms with Crippen LogP contribution in [0, 0.1) is 5.92 Å². The molecule has 1 aromatic heterocycles. The molecular weight excluding hydrogens is 430 g/mol.